The van der Waals surface area contributed by atoms with E-state index in [2.05, 4.69) is 35.5 Å². The molecular weight excluding hydrogens is 1850 g/mol. The first-order chi connectivity index (χ1) is 65.1. The van der Waals surface area contributed by atoms with E-state index in [1.165, 1.54) is 104 Å². The van der Waals surface area contributed by atoms with E-state index in [1.54, 1.807) is 84.8 Å². The summed E-state index contributed by atoms with van der Waals surface area (Å²) in [4.78, 5) is 310. The number of aliphatic hydroxyl groups is 1. The maximum atomic E-state index is 11.6. The Morgan fingerprint density at radius 3 is 0.864 bits per heavy atom. The Labute approximate surface area is 818 Å². The number of carbonyl (C=O) groups is 27. The molecule has 5 rings (SSSR count). The monoisotopic (exact) mass is 2000 g/mol. The SMILES string of the molecule is CC(=O)CC(=O)N1CCC(C(=O)O)CC1.CC(=O)CC(=O)N1CCC(C(C)=O)CC1.CCOC(=O)C(C)(C)NC(=O)CC(C)=O.CCOC(=O)C1CCN(C(=O)CC(C)=O)CC1.CCOC(=O)N1CCN(C(=O)CC(C)=O)CC1.CCOC(=O)[C@@H](NC(=O)CC(C)=O)C(C)C.CCOC(=O)[C@H](CO)NC(=O)CC(C)=O.COC(=O)C(C)(C)NC(=O)CC(C)=O.COC(=O)C1CCN(C(=O)CC(C)=O)CC1. The van der Waals surface area contributed by atoms with Crippen LogP contribution in [0.1, 0.15) is 255 Å². The van der Waals surface area contributed by atoms with E-state index in [1.807, 2.05) is 0 Å². The number of rotatable bonds is 37. The van der Waals surface area contributed by atoms with E-state index in [0.717, 1.165) is 12.8 Å². The zero-order valence-corrected chi connectivity index (χ0v) is 85.7. The van der Waals surface area contributed by atoms with Gasteiger partial charge in [-0.3, -0.25) is 105 Å². The number of carbonyl (C=O) groups excluding carboxylic acids is 26. The number of hydrogen-bond acceptors (Lipinski definition) is 35. The van der Waals surface area contributed by atoms with Gasteiger partial charge in [-0.2, -0.15) is 0 Å². The Morgan fingerprint density at radius 1 is 0.314 bits per heavy atom. The first kappa shape index (κ1) is 134. The minimum absolute atomic E-state index is 0.00919. The van der Waals surface area contributed by atoms with Crippen molar-refractivity contribution in [2.75, 3.05) is 132 Å². The number of aliphatic hydroxyl groups excluding tert-OH is 1. The lowest BCUT2D eigenvalue weighted by Gasteiger charge is -2.33. The first-order valence-corrected chi connectivity index (χ1v) is 46.2. The van der Waals surface area contributed by atoms with Gasteiger partial charge < -0.3 is 94.0 Å². The molecule has 0 aromatic heterocycles. The predicted molar refractivity (Wildman–Crippen MR) is 499 cm³/mol. The zero-order valence-electron chi connectivity index (χ0n) is 85.7. The van der Waals surface area contributed by atoms with Crippen LogP contribution >= 0.6 is 0 Å². The molecule has 5 aliphatic heterocycles. The number of carboxylic acids is 1. The number of Topliss-reactive ketones (excluding diaryl/α,β-unsaturated/α-hetero) is 10. The molecule has 46 nitrogen and oxygen atoms in total. The highest BCUT2D eigenvalue weighted by Gasteiger charge is 2.36. The number of nitrogens with zero attached hydrogens (tertiary/aromatic N) is 6. The molecule has 46 heteroatoms. The van der Waals surface area contributed by atoms with Crippen molar-refractivity contribution in [1.82, 2.24) is 50.7 Å². The summed E-state index contributed by atoms with van der Waals surface area (Å²) in [5, 5.41) is 27.1. The van der Waals surface area contributed by atoms with Crippen molar-refractivity contribution in [1.29, 1.82) is 0 Å². The minimum Gasteiger partial charge on any atom is -0.481 e. The van der Waals surface area contributed by atoms with E-state index in [-0.39, 0.29) is 213 Å². The number of likely N-dealkylation sites (tertiary alicyclic amines) is 4. The van der Waals surface area contributed by atoms with Crippen LogP contribution in [0.2, 0.25) is 0 Å². The average molecular weight is 2000 g/mol. The number of carboxylic acid groups (broad SMARTS) is 1. The average Bonchev–Trinajstić information content (AvgIpc) is 0.876. The fourth-order valence-electron chi connectivity index (χ4n) is 13.0. The van der Waals surface area contributed by atoms with Gasteiger partial charge in [0.1, 0.15) is 75.0 Å². The van der Waals surface area contributed by atoms with E-state index in [9.17, 15) is 129 Å². The lowest BCUT2D eigenvalue weighted by atomic mass is 9.93. The highest BCUT2D eigenvalue weighted by molar-refractivity contribution is 6.03. The van der Waals surface area contributed by atoms with Crippen molar-refractivity contribution >= 4 is 159 Å². The van der Waals surface area contributed by atoms with Crippen LogP contribution < -0.4 is 21.3 Å². The molecule has 0 aromatic rings. The third kappa shape index (κ3) is 62.4. The van der Waals surface area contributed by atoms with Gasteiger partial charge in [0.25, 0.3) is 0 Å². The van der Waals surface area contributed by atoms with Crippen molar-refractivity contribution in [2.45, 2.75) is 278 Å². The molecule has 0 saturated carbocycles. The number of amides is 10. The number of methoxy groups -OCH3 is 2. The topological polar surface area (TPSA) is 634 Å². The van der Waals surface area contributed by atoms with E-state index >= 15 is 0 Å². The molecule has 0 spiro atoms. The Hall–Kier alpha value is -12.5. The lowest BCUT2D eigenvalue weighted by Crippen LogP contribution is -2.51. The van der Waals surface area contributed by atoms with Crippen LogP contribution in [-0.4, -0.2) is 354 Å². The van der Waals surface area contributed by atoms with Gasteiger partial charge in [0.2, 0.25) is 53.2 Å². The predicted octanol–water partition coefficient (Wildman–Crippen LogP) is 2.62. The van der Waals surface area contributed by atoms with Crippen molar-refractivity contribution in [3.63, 3.8) is 0 Å². The molecule has 794 valence electrons. The number of nitrogens with one attached hydrogen (secondary N) is 4. The lowest BCUT2D eigenvalue weighted by molar-refractivity contribution is -0.152. The molecule has 10 amide bonds. The normalized spacial score (nSPS) is 14.5. The summed E-state index contributed by atoms with van der Waals surface area (Å²) in [6, 6.07) is -1.79. The number of esters is 6. The van der Waals surface area contributed by atoms with Gasteiger partial charge in [-0.05, 0) is 189 Å². The molecule has 5 heterocycles. The standard InChI is InChI=1S/C12H19NO4.C11H18N2O4.C11H17NO4.C11H19NO4.C11H17NO3.C10H15NO4.C10H17NO4.C9H15NO5.C9H15NO4/c1-3-17-12(16)10-4-6-13(7-5-10)11(15)8-9(2)14;1-3-17-11(16)13-6-4-12(5-7-13)10(15)8-9(2)14;1-8(13)7-10(14)12-5-3-9(4-6-12)11(15)16-2;1-5-16-11(15)10(7(2)3)12-9(14)6-8(4)13;1-8(13)7-11(15)12-5-3-10(4-6-12)9(2)14;1-7(12)6-9(13)11-4-2-8(3-5-11)10(14)15;1-5-15-9(14)10(3,4)11-8(13)6-7(2)12;1-3-15-9(14)7(5-11)10-8(13)4-6(2)12;1-6(11)5-7(12)10-9(2,3)8(13)14-4/h10H,3-8H2,1-2H3;3-8H2,1-2H3;9H,3-7H2,1-2H3;7,10H,5-6H2,1-4H3,(H,12,14);10H,3-7H2,1-2H3;8H,2-6H2,1H3,(H,14,15);5-6H2,1-4H3,(H,11,13);7,11H,3-5H2,1-2H3,(H,10,13);5H2,1-4H3,(H,10,12)/t;;;10-;;;;7-;/m...0...0./s1. The van der Waals surface area contributed by atoms with Crippen molar-refractivity contribution in [3.05, 3.63) is 0 Å². The van der Waals surface area contributed by atoms with Crippen LogP contribution in [0.4, 0.5) is 4.79 Å². The number of ketones is 10. The molecule has 0 aliphatic carbocycles. The number of aliphatic carboxylic acids is 1. The van der Waals surface area contributed by atoms with Gasteiger partial charge in [0.15, 0.2) is 6.04 Å². The Kier molecular flexibility index (Phi) is 69.4. The summed E-state index contributed by atoms with van der Waals surface area (Å²) in [6.07, 6.45) is 3.43. The highest BCUT2D eigenvalue weighted by atomic mass is 16.6. The van der Waals surface area contributed by atoms with E-state index in [4.69, 9.17) is 29.2 Å². The van der Waals surface area contributed by atoms with Gasteiger partial charge in [-0.15, -0.1) is 0 Å². The number of hydrogen-bond donors (Lipinski definition) is 6. The summed E-state index contributed by atoms with van der Waals surface area (Å²) in [5.41, 5.74) is -2.19. The second-order valence-corrected chi connectivity index (χ2v) is 34.5. The molecule has 0 bridgehead atoms. The van der Waals surface area contributed by atoms with E-state index in [0.29, 0.717) is 130 Å². The third-order valence-corrected chi connectivity index (χ3v) is 20.3. The molecule has 0 unspecified atom stereocenters. The van der Waals surface area contributed by atoms with Gasteiger partial charge in [-0.1, -0.05) is 13.8 Å². The first-order valence-electron chi connectivity index (χ1n) is 46.2. The molecule has 140 heavy (non-hydrogen) atoms. The largest absolute Gasteiger partial charge is 0.481 e. The second kappa shape index (κ2) is 72.7. The fourth-order valence-corrected chi connectivity index (χ4v) is 13.0. The third-order valence-electron chi connectivity index (χ3n) is 20.3. The molecule has 0 radical (unpaired) electrons. The summed E-state index contributed by atoms with van der Waals surface area (Å²) in [5.74, 6) is -8.15. The number of piperazine rings is 1. The molecule has 0 aromatic carbocycles. The maximum Gasteiger partial charge on any atom is 0.409 e. The van der Waals surface area contributed by atoms with Crippen LogP contribution in [0, 0.1) is 29.6 Å². The van der Waals surface area contributed by atoms with Gasteiger partial charge in [-0.25, -0.2) is 24.0 Å². The fraction of sp³-hybridized carbons (Fsp3) is 0.713. The minimum atomic E-state index is -1.10. The van der Waals surface area contributed by atoms with Gasteiger partial charge in [0.05, 0.1) is 129 Å². The Bertz CT molecular complexity index is 4040. The Morgan fingerprint density at radius 2 is 0.586 bits per heavy atom. The van der Waals surface area contributed by atoms with Crippen LogP contribution in [0.15, 0.2) is 0 Å². The molecule has 5 aliphatic rings. The van der Waals surface area contributed by atoms with Crippen LogP contribution in [0.5, 0.6) is 0 Å². The van der Waals surface area contributed by atoms with Crippen molar-refractivity contribution in [2.24, 2.45) is 29.6 Å². The van der Waals surface area contributed by atoms with Crippen LogP contribution in [0.3, 0.4) is 0 Å². The van der Waals surface area contributed by atoms with Crippen molar-refractivity contribution < 1.29 is 173 Å². The summed E-state index contributed by atoms with van der Waals surface area (Å²) in [7, 11) is 2.61. The van der Waals surface area contributed by atoms with Gasteiger partial charge in [0, 0.05) is 84.5 Å². The second-order valence-electron chi connectivity index (χ2n) is 34.5. The zero-order chi connectivity index (χ0) is 109. The van der Waals surface area contributed by atoms with Gasteiger partial charge >= 0.3 is 47.9 Å². The van der Waals surface area contributed by atoms with Crippen LogP contribution in [-0.2, 0) is 158 Å². The summed E-state index contributed by atoms with van der Waals surface area (Å²) < 4.78 is 33.2. The molecule has 5 saturated heterocycles. The molecule has 5 fully saturated rings. The van der Waals surface area contributed by atoms with E-state index < -0.39 is 83.2 Å². The molecule has 2 atom stereocenters. The quantitative estimate of drug-likeness (QED) is 0.0296. The Balaban J connectivity index is -0.000000744. The molecular formula is C94H152N10O36. The summed E-state index contributed by atoms with van der Waals surface area (Å²) >= 11 is 0. The summed E-state index contributed by atoms with van der Waals surface area (Å²) in [6.45, 7) is 39.0. The highest BCUT2D eigenvalue weighted by Crippen LogP contribution is 2.23. The molecule has 6 N–H and O–H groups in total. The number of ether oxygens (including phenoxy) is 7. The van der Waals surface area contributed by atoms with Crippen LogP contribution in [0.25, 0.3) is 0 Å². The number of piperidine rings is 4. The maximum absolute atomic E-state index is 11.6. The van der Waals surface area contributed by atoms with Crippen molar-refractivity contribution in [3.8, 4) is 0 Å². The smallest absolute Gasteiger partial charge is 0.409 e.